The molecule has 156 valence electrons. The number of rotatable bonds is 13. The second-order valence-electron chi connectivity index (χ2n) is 9.06. The van der Waals surface area contributed by atoms with Crippen LogP contribution in [0.2, 0.25) is 0 Å². The zero-order chi connectivity index (χ0) is 19.6. The third-order valence-corrected chi connectivity index (χ3v) is 7.39. The summed E-state index contributed by atoms with van der Waals surface area (Å²) in [6.45, 7) is 2.30. The van der Waals surface area contributed by atoms with Crippen LogP contribution >= 0.6 is 22.6 Å². The SMILES string of the molecule is CCCCCCCCCCCCCCC1CCc2c([nH]c3ccc(I)cc23)C1. The smallest absolute Gasteiger partial charge is 0.0459 e. The summed E-state index contributed by atoms with van der Waals surface area (Å²) in [7, 11) is 0. The Balaban J connectivity index is 1.25. The summed E-state index contributed by atoms with van der Waals surface area (Å²) in [4.78, 5) is 3.72. The molecule has 3 rings (SSSR count). The predicted molar refractivity (Wildman–Crippen MR) is 132 cm³/mol. The highest BCUT2D eigenvalue weighted by Gasteiger charge is 2.22. The Bertz CT molecular complexity index is 702. The van der Waals surface area contributed by atoms with Crippen LogP contribution in [0.5, 0.6) is 0 Å². The van der Waals surface area contributed by atoms with Gasteiger partial charge < -0.3 is 4.98 Å². The molecule has 28 heavy (non-hydrogen) atoms. The molecule has 1 atom stereocenters. The Morgan fingerprint density at radius 2 is 1.54 bits per heavy atom. The van der Waals surface area contributed by atoms with E-state index < -0.39 is 0 Å². The van der Waals surface area contributed by atoms with E-state index in [2.05, 4.69) is 52.7 Å². The number of unbranched alkanes of at least 4 members (excludes halogenated alkanes) is 11. The third-order valence-electron chi connectivity index (χ3n) is 6.72. The van der Waals surface area contributed by atoms with Gasteiger partial charge in [0.1, 0.15) is 0 Å². The molecule has 1 aromatic heterocycles. The molecule has 1 unspecified atom stereocenters. The van der Waals surface area contributed by atoms with Crippen molar-refractivity contribution in [3.63, 3.8) is 0 Å². The number of benzene rings is 1. The molecule has 0 saturated carbocycles. The lowest BCUT2D eigenvalue weighted by atomic mass is 9.84. The van der Waals surface area contributed by atoms with E-state index in [9.17, 15) is 0 Å². The Morgan fingerprint density at radius 1 is 0.893 bits per heavy atom. The molecule has 1 aromatic carbocycles. The average Bonchev–Trinajstić information content (AvgIpc) is 3.06. The summed E-state index contributed by atoms with van der Waals surface area (Å²) in [5.74, 6) is 0.905. The van der Waals surface area contributed by atoms with Crippen molar-refractivity contribution < 1.29 is 0 Å². The van der Waals surface area contributed by atoms with Gasteiger partial charge in [-0.1, -0.05) is 90.4 Å². The molecule has 1 heterocycles. The van der Waals surface area contributed by atoms with Crippen LogP contribution in [0, 0.1) is 9.49 Å². The van der Waals surface area contributed by atoms with Crippen molar-refractivity contribution in [2.24, 2.45) is 5.92 Å². The van der Waals surface area contributed by atoms with Crippen molar-refractivity contribution in [1.82, 2.24) is 4.98 Å². The van der Waals surface area contributed by atoms with E-state index in [4.69, 9.17) is 0 Å². The lowest BCUT2D eigenvalue weighted by Crippen LogP contribution is -2.13. The second kappa shape index (κ2) is 12.2. The maximum atomic E-state index is 3.72. The van der Waals surface area contributed by atoms with E-state index >= 15 is 0 Å². The van der Waals surface area contributed by atoms with Crippen LogP contribution in [0.1, 0.15) is 108 Å². The summed E-state index contributed by atoms with van der Waals surface area (Å²) in [5, 5.41) is 1.48. The van der Waals surface area contributed by atoms with Gasteiger partial charge in [0.25, 0.3) is 0 Å². The fourth-order valence-corrected chi connectivity index (χ4v) is 5.49. The number of aryl methyl sites for hydroxylation is 1. The van der Waals surface area contributed by atoms with E-state index in [-0.39, 0.29) is 0 Å². The summed E-state index contributed by atoms with van der Waals surface area (Å²) in [5.41, 5.74) is 4.49. The first-order valence-electron chi connectivity index (χ1n) is 12.1. The minimum atomic E-state index is 0.905. The number of hydrogen-bond acceptors (Lipinski definition) is 0. The van der Waals surface area contributed by atoms with Crippen molar-refractivity contribution >= 4 is 33.5 Å². The molecule has 0 fully saturated rings. The maximum Gasteiger partial charge on any atom is 0.0459 e. The fraction of sp³-hybridized carbons (Fsp3) is 0.692. The van der Waals surface area contributed by atoms with Crippen molar-refractivity contribution in [1.29, 1.82) is 0 Å². The lowest BCUT2D eigenvalue weighted by Gasteiger charge is -2.22. The summed E-state index contributed by atoms with van der Waals surface area (Å²) >= 11 is 2.43. The molecule has 0 aliphatic heterocycles. The molecule has 1 N–H and O–H groups in total. The van der Waals surface area contributed by atoms with Crippen molar-refractivity contribution in [3.05, 3.63) is 33.0 Å². The van der Waals surface area contributed by atoms with Gasteiger partial charge in [-0.2, -0.15) is 0 Å². The van der Waals surface area contributed by atoms with Crippen LogP contribution in [0.25, 0.3) is 10.9 Å². The predicted octanol–water partition coefficient (Wildman–Crippen LogP) is 8.97. The van der Waals surface area contributed by atoms with E-state index in [0.29, 0.717) is 0 Å². The topological polar surface area (TPSA) is 15.8 Å². The molecule has 0 radical (unpaired) electrons. The largest absolute Gasteiger partial charge is 0.358 e. The lowest BCUT2D eigenvalue weighted by molar-refractivity contribution is 0.401. The van der Waals surface area contributed by atoms with Gasteiger partial charge in [-0.15, -0.1) is 0 Å². The highest BCUT2D eigenvalue weighted by atomic mass is 127. The van der Waals surface area contributed by atoms with Gasteiger partial charge in [0.2, 0.25) is 0 Å². The van der Waals surface area contributed by atoms with E-state index in [0.717, 1.165) is 5.92 Å². The highest BCUT2D eigenvalue weighted by molar-refractivity contribution is 14.1. The van der Waals surface area contributed by atoms with E-state index in [1.807, 2.05) is 0 Å². The molecule has 0 spiro atoms. The first-order valence-corrected chi connectivity index (χ1v) is 13.1. The number of hydrogen-bond donors (Lipinski definition) is 1. The highest BCUT2D eigenvalue weighted by Crippen LogP contribution is 2.34. The number of aromatic nitrogens is 1. The number of aromatic amines is 1. The average molecular weight is 494 g/mol. The first-order chi connectivity index (χ1) is 13.8. The molecular weight excluding hydrogens is 453 g/mol. The van der Waals surface area contributed by atoms with Gasteiger partial charge in [-0.3, -0.25) is 0 Å². The van der Waals surface area contributed by atoms with Crippen LogP contribution < -0.4 is 0 Å². The maximum absolute atomic E-state index is 3.72. The van der Waals surface area contributed by atoms with Crippen LogP contribution in [0.15, 0.2) is 18.2 Å². The standard InChI is InChI=1S/C26H40IN/c1-2-3-4-5-6-7-8-9-10-11-12-13-14-21-15-17-23-24-20-22(27)16-18-25(24)28-26(23)19-21/h16,18,20-21,28H,2-15,17,19H2,1H3. The molecule has 1 aliphatic rings. The Morgan fingerprint density at radius 3 is 2.21 bits per heavy atom. The number of fused-ring (bicyclic) bond motifs is 3. The van der Waals surface area contributed by atoms with E-state index in [1.54, 1.807) is 5.56 Å². The number of nitrogens with one attached hydrogen (secondary N) is 1. The van der Waals surface area contributed by atoms with Gasteiger partial charge in [0.05, 0.1) is 0 Å². The van der Waals surface area contributed by atoms with Crippen LogP contribution in [0.3, 0.4) is 0 Å². The fourth-order valence-electron chi connectivity index (χ4n) is 5.00. The van der Waals surface area contributed by atoms with Crippen molar-refractivity contribution in [2.75, 3.05) is 0 Å². The second-order valence-corrected chi connectivity index (χ2v) is 10.3. The summed E-state index contributed by atoms with van der Waals surface area (Å²) in [6.07, 6.45) is 22.8. The molecule has 1 nitrogen and oxygen atoms in total. The molecule has 0 amide bonds. The molecule has 0 bridgehead atoms. The molecule has 0 saturated heterocycles. The Kier molecular flexibility index (Phi) is 9.70. The van der Waals surface area contributed by atoms with Gasteiger partial charge in [0.15, 0.2) is 0 Å². The Labute approximate surface area is 186 Å². The normalized spacial score (nSPS) is 16.6. The van der Waals surface area contributed by atoms with Gasteiger partial charge in [0, 0.05) is 20.2 Å². The molecular formula is C26H40IN. The number of halogens is 1. The summed E-state index contributed by atoms with van der Waals surface area (Å²) < 4.78 is 1.35. The van der Waals surface area contributed by atoms with Gasteiger partial charge in [-0.25, -0.2) is 0 Å². The monoisotopic (exact) mass is 493 g/mol. The van der Waals surface area contributed by atoms with Crippen LogP contribution in [-0.2, 0) is 12.8 Å². The van der Waals surface area contributed by atoms with Crippen molar-refractivity contribution in [3.8, 4) is 0 Å². The zero-order valence-electron chi connectivity index (χ0n) is 18.0. The quantitative estimate of drug-likeness (QED) is 0.212. The third kappa shape index (κ3) is 6.78. The Hall–Kier alpha value is -0.510. The van der Waals surface area contributed by atoms with Gasteiger partial charge in [-0.05, 0) is 71.5 Å². The minimum absolute atomic E-state index is 0.905. The van der Waals surface area contributed by atoms with Crippen LogP contribution in [0.4, 0.5) is 0 Å². The number of H-pyrrole nitrogens is 1. The summed E-state index contributed by atoms with van der Waals surface area (Å²) in [6, 6.07) is 6.83. The zero-order valence-corrected chi connectivity index (χ0v) is 20.2. The molecule has 2 heteroatoms. The van der Waals surface area contributed by atoms with E-state index in [1.165, 1.54) is 123 Å². The van der Waals surface area contributed by atoms with Crippen LogP contribution in [-0.4, -0.2) is 4.98 Å². The van der Waals surface area contributed by atoms with Gasteiger partial charge >= 0.3 is 0 Å². The molecule has 2 aromatic rings. The minimum Gasteiger partial charge on any atom is -0.358 e. The molecule has 1 aliphatic carbocycles. The first kappa shape index (κ1) is 22.2. The van der Waals surface area contributed by atoms with Crippen molar-refractivity contribution in [2.45, 2.75) is 110 Å².